The first kappa shape index (κ1) is 19.1. The highest BCUT2D eigenvalue weighted by Crippen LogP contribution is 2.08. The van der Waals surface area contributed by atoms with E-state index in [1.54, 1.807) is 12.1 Å². The molecule has 4 N–H and O–H groups in total. The first-order chi connectivity index (χ1) is 12.4. The Bertz CT molecular complexity index is 823. The van der Waals surface area contributed by atoms with Crippen LogP contribution in [0.2, 0.25) is 0 Å². The summed E-state index contributed by atoms with van der Waals surface area (Å²) < 4.78 is 12.9. The summed E-state index contributed by atoms with van der Waals surface area (Å²) >= 11 is 5.05. The van der Waals surface area contributed by atoms with Gasteiger partial charge in [-0.05, 0) is 48.1 Å². The lowest BCUT2D eigenvalue weighted by Crippen LogP contribution is -2.46. The highest BCUT2D eigenvalue weighted by molar-refractivity contribution is 7.80. The van der Waals surface area contributed by atoms with Gasteiger partial charge >= 0.3 is 0 Å². The second-order valence-electron chi connectivity index (χ2n) is 5.19. The number of thiocarbonyl (C=S) groups is 1. The number of hydrogen-bond acceptors (Lipinski definition) is 3. The van der Waals surface area contributed by atoms with Gasteiger partial charge in [-0.1, -0.05) is 30.3 Å². The zero-order valence-electron chi connectivity index (χ0n) is 13.9. The van der Waals surface area contributed by atoms with E-state index in [0.29, 0.717) is 5.69 Å². The molecular formula is C18H17FN4O2S. The lowest BCUT2D eigenvalue weighted by molar-refractivity contribution is -0.122. The smallest absolute Gasteiger partial charge is 0.286 e. The van der Waals surface area contributed by atoms with Gasteiger partial charge in [0.15, 0.2) is 5.11 Å². The van der Waals surface area contributed by atoms with Crippen LogP contribution in [-0.2, 0) is 9.59 Å². The van der Waals surface area contributed by atoms with Crippen LogP contribution in [0.5, 0.6) is 0 Å². The molecule has 2 aromatic rings. The van der Waals surface area contributed by atoms with Crippen LogP contribution in [-0.4, -0.2) is 16.9 Å². The van der Waals surface area contributed by atoms with Crippen LogP contribution in [0.25, 0.3) is 6.08 Å². The number of hydrogen-bond donors (Lipinski definition) is 4. The van der Waals surface area contributed by atoms with Gasteiger partial charge in [0.1, 0.15) is 11.5 Å². The SMILES string of the molecule is CC(=O)N/C(=C\c1ccccc1)C(=O)NNC(=S)Nc1ccc(F)cc1. The van der Waals surface area contributed by atoms with Crippen LogP contribution < -0.4 is 21.5 Å². The van der Waals surface area contributed by atoms with Gasteiger partial charge in [-0.2, -0.15) is 0 Å². The molecule has 0 saturated carbocycles. The maximum absolute atomic E-state index is 12.9. The van der Waals surface area contributed by atoms with Crippen LogP contribution in [0.15, 0.2) is 60.3 Å². The monoisotopic (exact) mass is 372 g/mol. The molecule has 0 fully saturated rings. The van der Waals surface area contributed by atoms with Crippen LogP contribution >= 0.6 is 12.2 Å². The van der Waals surface area contributed by atoms with Crippen molar-refractivity contribution in [1.82, 2.24) is 16.2 Å². The van der Waals surface area contributed by atoms with E-state index in [4.69, 9.17) is 12.2 Å². The van der Waals surface area contributed by atoms with Crippen molar-refractivity contribution < 1.29 is 14.0 Å². The molecule has 2 amide bonds. The van der Waals surface area contributed by atoms with Gasteiger partial charge in [-0.3, -0.25) is 20.4 Å². The van der Waals surface area contributed by atoms with Crippen molar-refractivity contribution in [3.63, 3.8) is 0 Å². The zero-order chi connectivity index (χ0) is 18.9. The molecule has 26 heavy (non-hydrogen) atoms. The zero-order valence-corrected chi connectivity index (χ0v) is 14.7. The largest absolute Gasteiger partial charge is 0.331 e. The van der Waals surface area contributed by atoms with E-state index in [-0.39, 0.29) is 22.5 Å². The predicted molar refractivity (Wildman–Crippen MR) is 102 cm³/mol. The first-order valence-electron chi connectivity index (χ1n) is 7.61. The molecule has 0 aliphatic heterocycles. The van der Waals surface area contributed by atoms with Crippen LogP contribution in [0.1, 0.15) is 12.5 Å². The minimum absolute atomic E-state index is 0.0563. The van der Waals surface area contributed by atoms with Gasteiger partial charge in [0, 0.05) is 12.6 Å². The number of carbonyl (C=O) groups excluding carboxylic acids is 2. The summed E-state index contributed by atoms with van der Waals surface area (Å²) in [5, 5.41) is 5.36. The number of carbonyl (C=O) groups is 2. The third kappa shape index (κ3) is 6.33. The topological polar surface area (TPSA) is 82.3 Å². The molecular weight excluding hydrogens is 355 g/mol. The summed E-state index contributed by atoms with van der Waals surface area (Å²) in [5.41, 5.74) is 6.27. The summed E-state index contributed by atoms with van der Waals surface area (Å²) in [6, 6.07) is 14.6. The second kappa shape index (κ2) is 9.28. The van der Waals surface area contributed by atoms with Crippen molar-refractivity contribution in [2.75, 3.05) is 5.32 Å². The molecule has 0 heterocycles. The number of rotatable bonds is 4. The average Bonchev–Trinajstić information content (AvgIpc) is 2.61. The summed E-state index contributed by atoms with van der Waals surface area (Å²) in [7, 11) is 0. The Hall–Kier alpha value is -3.26. The Balaban J connectivity index is 1.98. The van der Waals surface area contributed by atoms with Crippen LogP contribution in [0.4, 0.5) is 10.1 Å². The maximum Gasteiger partial charge on any atom is 0.286 e. The van der Waals surface area contributed by atoms with Crippen LogP contribution in [0, 0.1) is 5.82 Å². The molecule has 0 aromatic heterocycles. The number of benzene rings is 2. The number of nitrogens with one attached hydrogen (secondary N) is 4. The Labute approximate surface area is 155 Å². The van der Waals surface area contributed by atoms with Gasteiger partial charge < -0.3 is 10.6 Å². The van der Waals surface area contributed by atoms with Crippen molar-refractivity contribution in [3.05, 3.63) is 71.7 Å². The molecule has 2 rings (SSSR count). The fourth-order valence-electron chi connectivity index (χ4n) is 1.94. The Morgan fingerprint density at radius 1 is 1.00 bits per heavy atom. The molecule has 6 nitrogen and oxygen atoms in total. The minimum Gasteiger partial charge on any atom is -0.331 e. The molecule has 8 heteroatoms. The van der Waals surface area contributed by atoms with Gasteiger partial charge in [-0.25, -0.2) is 4.39 Å². The summed E-state index contributed by atoms with van der Waals surface area (Å²) in [4.78, 5) is 23.6. The highest BCUT2D eigenvalue weighted by Gasteiger charge is 2.11. The van der Waals surface area contributed by atoms with E-state index in [1.165, 1.54) is 37.3 Å². The average molecular weight is 372 g/mol. The van der Waals surface area contributed by atoms with Gasteiger partial charge in [-0.15, -0.1) is 0 Å². The van der Waals surface area contributed by atoms with E-state index >= 15 is 0 Å². The molecule has 0 bridgehead atoms. The lowest BCUT2D eigenvalue weighted by atomic mass is 10.2. The molecule has 2 aromatic carbocycles. The van der Waals surface area contributed by atoms with Crippen molar-refractivity contribution in [1.29, 1.82) is 0 Å². The quantitative estimate of drug-likeness (QED) is 0.376. The standard InChI is InChI=1S/C18H17FN4O2S/c1-12(24)20-16(11-13-5-3-2-4-6-13)17(25)22-23-18(26)21-15-9-7-14(19)8-10-15/h2-11H,1H3,(H,20,24)(H,22,25)(H2,21,23,26)/b16-11-. The molecule has 0 aliphatic carbocycles. The lowest BCUT2D eigenvalue weighted by Gasteiger charge is -2.13. The number of anilines is 1. The Morgan fingerprint density at radius 2 is 1.65 bits per heavy atom. The predicted octanol–water partition coefficient (Wildman–Crippen LogP) is 2.32. The van der Waals surface area contributed by atoms with Gasteiger partial charge in [0.25, 0.3) is 5.91 Å². The minimum atomic E-state index is -0.577. The van der Waals surface area contributed by atoms with Crippen molar-refractivity contribution in [2.45, 2.75) is 6.92 Å². The van der Waals surface area contributed by atoms with Crippen molar-refractivity contribution in [3.8, 4) is 0 Å². The van der Waals surface area contributed by atoms with E-state index < -0.39 is 5.91 Å². The maximum atomic E-state index is 12.9. The van der Waals surface area contributed by atoms with Crippen LogP contribution in [0.3, 0.4) is 0 Å². The van der Waals surface area contributed by atoms with E-state index in [9.17, 15) is 14.0 Å². The normalized spacial score (nSPS) is 10.6. The third-order valence-corrected chi connectivity index (χ3v) is 3.26. The number of amides is 2. The number of hydrazine groups is 1. The highest BCUT2D eigenvalue weighted by atomic mass is 32.1. The number of halogens is 1. The Kier molecular flexibility index (Phi) is 6.81. The molecule has 0 spiro atoms. The molecule has 0 radical (unpaired) electrons. The van der Waals surface area contributed by atoms with Crippen molar-refractivity contribution >= 4 is 40.9 Å². The molecule has 0 saturated heterocycles. The molecule has 0 unspecified atom stereocenters. The summed E-state index contributed by atoms with van der Waals surface area (Å²) in [6.45, 7) is 1.31. The molecule has 134 valence electrons. The fourth-order valence-corrected chi connectivity index (χ4v) is 2.11. The van der Waals surface area contributed by atoms with Gasteiger partial charge in [0.2, 0.25) is 5.91 Å². The Morgan fingerprint density at radius 3 is 2.27 bits per heavy atom. The van der Waals surface area contributed by atoms with Crippen molar-refractivity contribution in [2.24, 2.45) is 0 Å². The fraction of sp³-hybridized carbons (Fsp3) is 0.0556. The first-order valence-corrected chi connectivity index (χ1v) is 8.02. The molecule has 0 atom stereocenters. The van der Waals surface area contributed by atoms with E-state index in [2.05, 4.69) is 21.5 Å². The van der Waals surface area contributed by atoms with E-state index in [0.717, 1.165) is 5.56 Å². The molecule has 0 aliphatic rings. The van der Waals surface area contributed by atoms with E-state index in [1.807, 2.05) is 18.2 Å². The van der Waals surface area contributed by atoms with Gasteiger partial charge in [0.05, 0.1) is 0 Å². The summed E-state index contributed by atoms with van der Waals surface area (Å²) in [6.07, 6.45) is 1.54. The third-order valence-electron chi connectivity index (χ3n) is 3.06. The summed E-state index contributed by atoms with van der Waals surface area (Å²) in [5.74, 6) is -1.32. The second-order valence-corrected chi connectivity index (χ2v) is 5.60.